The quantitative estimate of drug-likeness (QED) is 0.631. The van der Waals surface area contributed by atoms with Crippen molar-refractivity contribution in [1.29, 1.82) is 5.26 Å². The fourth-order valence-electron chi connectivity index (χ4n) is 4.94. The summed E-state index contributed by atoms with van der Waals surface area (Å²) in [6.45, 7) is 1.81. The summed E-state index contributed by atoms with van der Waals surface area (Å²) in [5, 5.41) is 19.7. The lowest BCUT2D eigenvalue weighted by molar-refractivity contribution is -0.135. The van der Waals surface area contributed by atoms with Gasteiger partial charge in [0.25, 0.3) is 0 Å². The van der Waals surface area contributed by atoms with E-state index in [-0.39, 0.29) is 25.0 Å². The van der Waals surface area contributed by atoms with E-state index in [1.54, 1.807) is 6.20 Å². The fourth-order valence-corrected chi connectivity index (χ4v) is 5.14. The molecule has 1 saturated heterocycles. The Labute approximate surface area is 199 Å². The highest BCUT2D eigenvalue weighted by molar-refractivity contribution is 6.29. The van der Waals surface area contributed by atoms with E-state index < -0.39 is 0 Å². The monoisotopic (exact) mass is 465 g/mol. The van der Waals surface area contributed by atoms with Crippen molar-refractivity contribution in [3.8, 4) is 6.07 Å². The predicted octanol–water partition coefficient (Wildman–Crippen LogP) is 3.28. The van der Waals surface area contributed by atoms with E-state index in [0.29, 0.717) is 48.6 Å². The van der Waals surface area contributed by atoms with Crippen LogP contribution in [0.5, 0.6) is 0 Å². The predicted molar refractivity (Wildman–Crippen MR) is 125 cm³/mol. The first kappa shape index (κ1) is 22.1. The topological polar surface area (TPSA) is 93.4 Å². The zero-order valence-corrected chi connectivity index (χ0v) is 19.3. The summed E-state index contributed by atoms with van der Waals surface area (Å²) < 4.78 is 0. The molecule has 1 N–H and O–H groups in total. The number of carbonyl (C=O) groups excluding carboxylic acids is 1. The average molecular weight is 466 g/mol. The number of nitrogens with zero attached hydrogens (tertiary/aromatic N) is 5. The van der Waals surface area contributed by atoms with Crippen molar-refractivity contribution in [3.63, 3.8) is 0 Å². The van der Waals surface area contributed by atoms with Crippen molar-refractivity contribution in [1.82, 2.24) is 14.9 Å². The maximum atomic E-state index is 12.6. The Kier molecular flexibility index (Phi) is 6.22. The molecular formula is C25H28ClN5O2. The van der Waals surface area contributed by atoms with E-state index in [9.17, 15) is 15.2 Å². The standard InChI is InChI=1S/C25H28ClN5O2/c26-22-12-16(5-7-28-22)11-19-13-20(14-27)25(29-24(19)18-3-4-18)30-8-9-31(23(33)6-10-32)21(15-30)17-1-2-17/h5,7,12-13,17-18,21,32H,1-4,6,8-11,15H2/t21-/m0/s1. The molecule has 8 heteroatoms. The third-order valence-corrected chi connectivity index (χ3v) is 7.12. The number of aliphatic hydroxyl groups is 1. The van der Waals surface area contributed by atoms with E-state index in [1.165, 1.54) is 0 Å². The molecule has 1 amide bonds. The van der Waals surface area contributed by atoms with Crippen LogP contribution in [0.15, 0.2) is 24.4 Å². The molecule has 5 rings (SSSR count). The van der Waals surface area contributed by atoms with Gasteiger partial charge in [-0.15, -0.1) is 0 Å². The number of rotatable bonds is 7. The van der Waals surface area contributed by atoms with E-state index in [1.807, 2.05) is 23.1 Å². The molecule has 2 aliphatic carbocycles. The maximum Gasteiger partial charge on any atom is 0.225 e. The summed E-state index contributed by atoms with van der Waals surface area (Å²) in [7, 11) is 0. The molecule has 2 aromatic heterocycles. The van der Waals surface area contributed by atoms with Gasteiger partial charge in [-0.25, -0.2) is 9.97 Å². The number of aromatic nitrogens is 2. The second-order valence-corrected chi connectivity index (χ2v) is 9.75. The van der Waals surface area contributed by atoms with Crippen LogP contribution in [0.4, 0.5) is 5.82 Å². The van der Waals surface area contributed by atoms with Gasteiger partial charge in [0.15, 0.2) is 0 Å². The number of amides is 1. The Morgan fingerprint density at radius 2 is 2.06 bits per heavy atom. The fraction of sp³-hybridized carbons (Fsp3) is 0.520. The highest BCUT2D eigenvalue weighted by Gasteiger charge is 2.41. The third kappa shape index (κ3) is 4.83. The van der Waals surface area contributed by atoms with Gasteiger partial charge in [0.05, 0.1) is 18.2 Å². The van der Waals surface area contributed by atoms with E-state index in [2.05, 4.69) is 16.0 Å². The Balaban J connectivity index is 1.44. The molecule has 2 aromatic rings. The minimum atomic E-state index is -0.120. The number of hydrogen-bond acceptors (Lipinski definition) is 6. The smallest absolute Gasteiger partial charge is 0.225 e. The Bertz CT molecular complexity index is 1090. The summed E-state index contributed by atoms with van der Waals surface area (Å²) in [5.41, 5.74) is 3.80. The van der Waals surface area contributed by atoms with Crippen molar-refractivity contribution >= 4 is 23.3 Å². The molecule has 0 spiro atoms. The molecule has 0 unspecified atom stereocenters. The molecule has 0 radical (unpaired) electrons. The molecule has 0 aromatic carbocycles. The SMILES string of the molecule is N#Cc1cc(Cc2ccnc(Cl)c2)c(C2CC2)nc1N1CCN(C(=O)CCO)[C@H](C2CC2)C1. The van der Waals surface area contributed by atoms with Crippen LogP contribution in [0, 0.1) is 17.2 Å². The van der Waals surface area contributed by atoms with Gasteiger partial charge < -0.3 is 14.9 Å². The van der Waals surface area contributed by atoms with Gasteiger partial charge in [0, 0.05) is 43.9 Å². The van der Waals surface area contributed by atoms with E-state index in [4.69, 9.17) is 16.6 Å². The van der Waals surface area contributed by atoms with Gasteiger partial charge in [-0.2, -0.15) is 5.26 Å². The first-order chi connectivity index (χ1) is 16.1. The number of anilines is 1. The van der Waals surface area contributed by atoms with Crippen LogP contribution in [-0.4, -0.2) is 58.2 Å². The minimum Gasteiger partial charge on any atom is -0.396 e. The van der Waals surface area contributed by atoms with Gasteiger partial charge in [0.2, 0.25) is 5.91 Å². The summed E-state index contributed by atoms with van der Waals surface area (Å²) in [5.74, 6) is 1.71. The summed E-state index contributed by atoms with van der Waals surface area (Å²) in [6.07, 6.45) is 7.04. The molecule has 1 aliphatic heterocycles. The zero-order valence-electron chi connectivity index (χ0n) is 18.6. The van der Waals surface area contributed by atoms with Gasteiger partial charge in [-0.1, -0.05) is 11.6 Å². The van der Waals surface area contributed by atoms with Gasteiger partial charge in [-0.05, 0) is 67.3 Å². The Morgan fingerprint density at radius 1 is 1.24 bits per heavy atom. The van der Waals surface area contributed by atoms with Crippen LogP contribution in [0.1, 0.15) is 60.4 Å². The van der Waals surface area contributed by atoms with Crippen LogP contribution in [0.3, 0.4) is 0 Å². The molecular weight excluding hydrogens is 438 g/mol. The largest absolute Gasteiger partial charge is 0.396 e. The van der Waals surface area contributed by atoms with Crippen LogP contribution in [-0.2, 0) is 11.2 Å². The lowest BCUT2D eigenvalue weighted by Crippen LogP contribution is -2.56. The molecule has 0 bridgehead atoms. The molecule has 1 atom stereocenters. The number of carbonyl (C=O) groups is 1. The second kappa shape index (κ2) is 9.28. The molecule has 33 heavy (non-hydrogen) atoms. The van der Waals surface area contributed by atoms with Gasteiger partial charge in [-0.3, -0.25) is 4.79 Å². The van der Waals surface area contributed by atoms with Crippen LogP contribution in [0.2, 0.25) is 5.15 Å². The maximum absolute atomic E-state index is 12.6. The van der Waals surface area contributed by atoms with E-state index in [0.717, 1.165) is 48.3 Å². The number of pyridine rings is 2. The number of piperazine rings is 1. The highest BCUT2D eigenvalue weighted by Crippen LogP contribution is 2.43. The number of nitriles is 1. The van der Waals surface area contributed by atoms with Gasteiger partial charge >= 0.3 is 0 Å². The summed E-state index contributed by atoms with van der Waals surface area (Å²) in [6, 6.07) is 8.31. The second-order valence-electron chi connectivity index (χ2n) is 9.37. The molecule has 172 valence electrons. The van der Waals surface area contributed by atoms with E-state index >= 15 is 0 Å². The zero-order chi connectivity index (χ0) is 22.9. The van der Waals surface area contributed by atoms with Crippen molar-refractivity contribution in [2.75, 3.05) is 31.1 Å². The molecule has 3 aliphatic rings. The summed E-state index contributed by atoms with van der Waals surface area (Å²) >= 11 is 6.08. The molecule has 2 saturated carbocycles. The molecule has 3 fully saturated rings. The first-order valence-corrected chi connectivity index (χ1v) is 12.1. The van der Waals surface area contributed by atoms with Crippen molar-refractivity contribution < 1.29 is 9.90 Å². The lowest BCUT2D eigenvalue weighted by Gasteiger charge is -2.42. The minimum absolute atomic E-state index is 0.0209. The van der Waals surface area contributed by atoms with Crippen LogP contribution < -0.4 is 4.90 Å². The third-order valence-electron chi connectivity index (χ3n) is 6.92. The Hall–Kier alpha value is -2.69. The number of aliphatic hydroxyl groups excluding tert-OH is 1. The van der Waals surface area contributed by atoms with Crippen molar-refractivity contribution in [2.24, 2.45) is 5.92 Å². The van der Waals surface area contributed by atoms with Crippen LogP contribution >= 0.6 is 11.6 Å². The number of halogens is 1. The van der Waals surface area contributed by atoms with Crippen LogP contribution in [0.25, 0.3) is 0 Å². The molecule has 7 nitrogen and oxygen atoms in total. The first-order valence-electron chi connectivity index (χ1n) is 11.8. The van der Waals surface area contributed by atoms with Crippen molar-refractivity contribution in [3.05, 3.63) is 51.9 Å². The molecule has 3 heterocycles. The lowest BCUT2D eigenvalue weighted by atomic mass is 9.99. The summed E-state index contributed by atoms with van der Waals surface area (Å²) in [4.78, 5) is 25.9. The Morgan fingerprint density at radius 3 is 2.73 bits per heavy atom. The average Bonchev–Trinajstić information content (AvgIpc) is 3.71. The highest BCUT2D eigenvalue weighted by atomic mass is 35.5. The van der Waals surface area contributed by atoms with Crippen molar-refractivity contribution in [2.45, 2.75) is 50.5 Å². The normalized spacial score (nSPS) is 20.6. The van der Waals surface area contributed by atoms with Gasteiger partial charge in [0.1, 0.15) is 17.0 Å². The number of hydrogen-bond donors (Lipinski definition) is 1.